The number of anilines is 1. The topological polar surface area (TPSA) is 136 Å². The summed E-state index contributed by atoms with van der Waals surface area (Å²) in [5.41, 5.74) is 4.80. The smallest absolute Gasteiger partial charge is 0.335 e. The minimum atomic E-state index is -1.17. The van der Waals surface area contributed by atoms with Crippen molar-refractivity contribution in [1.29, 1.82) is 0 Å². The summed E-state index contributed by atoms with van der Waals surface area (Å²) in [6.07, 6.45) is 0.559. The van der Waals surface area contributed by atoms with E-state index in [1.54, 1.807) is 0 Å². The van der Waals surface area contributed by atoms with E-state index >= 15 is 0 Å². The Bertz CT molecular complexity index is 515. The predicted molar refractivity (Wildman–Crippen MR) is 67.0 cm³/mol. The Morgan fingerprint density at radius 2 is 2.11 bits per heavy atom. The Kier molecular flexibility index (Phi) is 4.81. The monoisotopic (exact) mass is 267 g/mol. The lowest BCUT2D eigenvalue weighted by Crippen LogP contribution is -2.13. The van der Waals surface area contributed by atoms with E-state index in [0.29, 0.717) is 6.42 Å². The highest BCUT2D eigenvalue weighted by atomic mass is 16.6. The molecule has 0 aliphatic heterocycles. The van der Waals surface area contributed by atoms with Crippen molar-refractivity contribution in [3.05, 3.63) is 33.9 Å². The van der Waals surface area contributed by atoms with Gasteiger partial charge in [-0.15, -0.1) is 0 Å². The number of rotatable bonds is 7. The first-order valence-corrected chi connectivity index (χ1v) is 5.45. The Morgan fingerprint density at radius 3 is 2.63 bits per heavy atom. The van der Waals surface area contributed by atoms with Gasteiger partial charge in [-0.05, 0) is 18.6 Å². The molecule has 0 aromatic heterocycles. The highest BCUT2D eigenvalue weighted by molar-refractivity contribution is 5.90. The number of benzene rings is 1. The summed E-state index contributed by atoms with van der Waals surface area (Å²) in [6.45, 7) is 0.285. The Hall–Kier alpha value is -2.64. The van der Waals surface area contributed by atoms with Crippen LogP contribution in [-0.2, 0) is 4.79 Å². The zero-order valence-corrected chi connectivity index (χ0v) is 9.96. The van der Waals surface area contributed by atoms with Gasteiger partial charge in [-0.1, -0.05) is 0 Å². The molecular formula is C11H13N3O5. The number of carbonyl (C=O) groups is 2. The second kappa shape index (κ2) is 6.34. The van der Waals surface area contributed by atoms with Gasteiger partial charge >= 0.3 is 5.97 Å². The Balaban J connectivity index is 2.82. The summed E-state index contributed by atoms with van der Waals surface area (Å²) in [6, 6.07) is 3.47. The average molecular weight is 267 g/mol. The van der Waals surface area contributed by atoms with Gasteiger partial charge in [-0.3, -0.25) is 14.9 Å². The van der Waals surface area contributed by atoms with Gasteiger partial charge in [0.25, 0.3) is 5.69 Å². The molecule has 8 nitrogen and oxygen atoms in total. The molecule has 0 aliphatic carbocycles. The molecule has 1 amide bonds. The number of aromatic carboxylic acids is 1. The minimum Gasteiger partial charge on any atom is -0.478 e. The zero-order valence-electron chi connectivity index (χ0n) is 9.96. The zero-order chi connectivity index (χ0) is 14.4. The Morgan fingerprint density at radius 1 is 1.42 bits per heavy atom. The number of nitrogens with zero attached hydrogens (tertiary/aromatic N) is 1. The van der Waals surface area contributed by atoms with Gasteiger partial charge in [0, 0.05) is 19.0 Å². The maximum absolute atomic E-state index is 10.8. The molecule has 4 N–H and O–H groups in total. The Labute approximate surface area is 108 Å². The number of amides is 1. The molecule has 1 rings (SSSR count). The maximum Gasteiger partial charge on any atom is 0.335 e. The van der Waals surface area contributed by atoms with Crippen LogP contribution in [0.15, 0.2) is 18.2 Å². The van der Waals surface area contributed by atoms with Crippen molar-refractivity contribution in [3.8, 4) is 0 Å². The number of nitro groups is 1. The molecule has 19 heavy (non-hydrogen) atoms. The molecule has 0 saturated carbocycles. The lowest BCUT2D eigenvalue weighted by atomic mass is 10.1. The number of hydrogen-bond acceptors (Lipinski definition) is 5. The van der Waals surface area contributed by atoms with Crippen molar-refractivity contribution in [2.75, 3.05) is 11.9 Å². The number of nitrogens with one attached hydrogen (secondary N) is 1. The molecule has 0 unspecified atom stereocenters. The van der Waals surface area contributed by atoms with E-state index in [-0.39, 0.29) is 29.9 Å². The molecule has 0 heterocycles. The number of carboxylic acids is 1. The third kappa shape index (κ3) is 4.26. The summed E-state index contributed by atoms with van der Waals surface area (Å²) in [5.74, 6) is -1.63. The standard InChI is InChI=1S/C11H13N3O5/c12-10(15)2-1-5-13-8-6-7(11(16)17)3-4-9(8)14(18)19/h3-4,6,13H,1-2,5H2,(H2,12,15)(H,16,17). The summed E-state index contributed by atoms with van der Waals surface area (Å²) < 4.78 is 0. The number of carboxylic acid groups (broad SMARTS) is 1. The maximum atomic E-state index is 10.8. The van der Waals surface area contributed by atoms with E-state index in [4.69, 9.17) is 10.8 Å². The van der Waals surface area contributed by atoms with Gasteiger partial charge in [-0.2, -0.15) is 0 Å². The fraction of sp³-hybridized carbons (Fsp3) is 0.273. The van der Waals surface area contributed by atoms with Crippen LogP contribution < -0.4 is 11.1 Å². The van der Waals surface area contributed by atoms with E-state index in [0.717, 1.165) is 12.1 Å². The van der Waals surface area contributed by atoms with Gasteiger partial charge in [0.2, 0.25) is 5.91 Å². The van der Waals surface area contributed by atoms with Crippen LogP contribution in [0.25, 0.3) is 0 Å². The van der Waals surface area contributed by atoms with Crippen molar-refractivity contribution in [3.63, 3.8) is 0 Å². The minimum absolute atomic E-state index is 0.0528. The second-order valence-electron chi connectivity index (χ2n) is 3.79. The van der Waals surface area contributed by atoms with Gasteiger partial charge in [0.1, 0.15) is 5.69 Å². The number of carbonyl (C=O) groups excluding carboxylic acids is 1. The third-order valence-corrected chi connectivity index (χ3v) is 2.36. The average Bonchev–Trinajstić information content (AvgIpc) is 2.33. The molecule has 1 aromatic carbocycles. The van der Waals surface area contributed by atoms with E-state index in [2.05, 4.69) is 5.32 Å². The number of nitrogens with two attached hydrogens (primary N) is 1. The molecule has 1 aromatic rings. The lowest BCUT2D eigenvalue weighted by molar-refractivity contribution is -0.384. The molecule has 0 fully saturated rings. The molecule has 0 atom stereocenters. The molecule has 0 bridgehead atoms. The molecule has 8 heteroatoms. The predicted octanol–water partition coefficient (Wildman–Crippen LogP) is 0.970. The fourth-order valence-corrected chi connectivity index (χ4v) is 1.46. The van der Waals surface area contributed by atoms with Crippen LogP contribution in [0.2, 0.25) is 0 Å². The first-order chi connectivity index (χ1) is 8.91. The molecular weight excluding hydrogens is 254 g/mol. The van der Waals surface area contributed by atoms with Crippen LogP contribution in [0.5, 0.6) is 0 Å². The van der Waals surface area contributed by atoms with E-state index < -0.39 is 16.8 Å². The summed E-state index contributed by atoms with van der Waals surface area (Å²) >= 11 is 0. The summed E-state index contributed by atoms with van der Waals surface area (Å²) in [5, 5.41) is 22.3. The lowest BCUT2D eigenvalue weighted by Gasteiger charge is -2.07. The van der Waals surface area contributed by atoms with Crippen LogP contribution in [0, 0.1) is 10.1 Å². The normalized spacial score (nSPS) is 9.89. The van der Waals surface area contributed by atoms with Crippen molar-refractivity contribution in [2.45, 2.75) is 12.8 Å². The van der Waals surface area contributed by atoms with Gasteiger partial charge in [0.15, 0.2) is 0 Å². The van der Waals surface area contributed by atoms with Crippen LogP contribution in [-0.4, -0.2) is 28.5 Å². The van der Waals surface area contributed by atoms with Gasteiger partial charge < -0.3 is 16.2 Å². The van der Waals surface area contributed by atoms with Crippen LogP contribution in [0.1, 0.15) is 23.2 Å². The SMILES string of the molecule is NC(=O)CCCNc1cc(C(=O)O)ccc1[N+](=O)[O-]. The number of hydrogen-bond donors (Lipinski definition) is 3. The highest BCUT2D eigenvalue weighted by Gasteiger charge is 2.16. The largest absolute Gasteiger partial charge is 0.478 e. The second-order valence-corrected chi connectivity index (χ2v) is 3.79. The molecule has 102 valence electrons. The first-order valence-electron chi connectivity index (χ1n) is 5.45. The van der Waals surface area contributed by atoms with Gasteiger partial charge in [0.05, 0.1) is 10.5 Å². The summed E-state index contributed by atoms with van der Waals surface area (Å²) in [7, 11) is 0. The van der Waals surface area contributed by atoms with Crippen LogP contribution >= 0.6 is 0 Å². The molecule has 0 saturated heterocycles. The van der Waals surface area contributed by atoms with Gasteiger partial charge in [-0.25, -0.2) is 4.79 Å². The highest BCUT2D eigenvalue weighted by Crippen LogP contribution is 2.25. The molecule has 0 spiro atoms. The quantitative estimate of drug-likeness (QED) is 0.382. The molecule has 0 radical (unpaired) electrons. The van der Waals surface area contributed by atoms with Crippen molar-refractivity contribution >= 4 is 23.3 Å². The van der Waals surface area contributed by atoms with Crippen molar-refractivity contribution in [1.82, 2.24) is 0 Å². The van der Waals surface area contributed by atoms with Crippen LogP contribution in [0.4, 0.5) is 11.4 Å². The fourth-order valence-electron chi connectivity index (χ4n) is 1.46. The molecule has 0 aliphatic rings. The number of nitro benzene ring substituents is 1. The first kappa shape index (κ1) is 14.4. The van der Waals surface area contributed by atoms with Crippen molar-refractivity contribution in [2.24, 2.45) is 5.73 Å². The van der Waals surface area contributed by atoms with E-state index in [1.165, 1.54) is 6.07 Å². The summed E-state index contributed by atoms with van der Waals surface area (Å²) in [4.78, 5) is 31.5. The van der Waals surface area contributed by atoms with E-state index in [9.17, 15) is 19.7 Å². The van der Waals surface area contributed by atoms with E-state index in [1.807, 2.05) is 0 Å². The van der Waals surface area contributed by atoms with Crippen LogP contribution in [0.3, 0.4) is 0 Å². The third-order valence-electron chi connectivity index (χ3n) is 2.36. The van der Waals surface area contributed by atoms with Crippen molar-refractivity contribution < 1.29 is 19.6 Å². The number of primary amides is 1.